The first-order valence-corrected chi connectivity index (χ1v) is 15.4. The Kier molecular flexibility index (Phi) is 13.8. The molecule has 4 aliphatic rings. The van der Waals surface area contributed by atoms with Gasteiger partial charge in [0.15, 0.2) is 0 Å². The highest BCUT2D eigenvalue weighted by molar-refractivity contribution is 7.99. The fraction of sp³-hybridized carbons (Fsp3) is 0.737. The number of aliphatic hydroxyl groups excluding tert-OH is 1. The maximum Gasteiger partial charge on any atom is 0.280 e. The van der Waals surface area contributed by atoms with Crippen LogP contribution in [0.1, 0.15) is 0 Å². The van der Waals surface area contributed by atoms with Crippen LogP contribution in [0, 0.1) is 0 Å². The van der Waals surface area contributed by atoms with Gasteiger partial charge >= 0.3 is 0 Å². The molecular weight excluding hydrogens is 508 g/mol. The summed E-state index contributed by atoms with van der Waals surface area (Å²) in [5.74, 6) is 6.04. The Morgan fingerprint density at radius 3 is 1.91 bits per heavy atom. The second-order valence-electron chi connectivity index (χ2n) is 7.13. The first kappa shape index (κ1) is 28.5. The summed E-state index contributed by atoms with van der Waals surface area (Å²) in [5.41, 5.74) is 0. The van der Waals surface area contributed by atoms with E-state index >= 15 is 0 Å². The molecule has 33 heavy (non-hydrogen) atoms. The van der Waals surface area contributed by atoms with Crippen molar-refractivity contribution in [2.75, 3.05) is 79.8 Å². The number of nitrogens with one attached hydrogen (secondary N) is 1. The maximum atomic E-state index is 11.6. The van der Waals surface area contributed by atoms with Crippen LogP contribution < -0.4 is 5.32 Å². The molecule has 0 aliphatic carbocycles. The molecule has 0 bridgehead atoms. The van der Waals surface area contributed by atoms with Crippen molar-refractivity contribution in [3.8, 4) is 0 Å². The molecule has 0 aromatic rings. The number of nitrogens with zero attached hydrogens (tertiary/aromatic N) is 3. The first-order valence-electron chi connectivity index (χ1n) is 10.5. The van der Waals surface area contributed by atoms with Gasteiger partial charge in [-0.1, -0.05) is 0 Å². The summed E-state index contributed by atoms with van der Waals surface area (Å²) in [7, 11) is 0.292. The Morgan fingerprint density at radius 2 is 1.58 bits per heavy atom. The SMILES string of the molecule is C1CSCN1.COC(O)C(=O)N1CCS(=O)C1.O=C(/C=C/C(=O)N1CCSC1)N1CCSC1. The quantitative estimate of drug-likeness (QED) is 0.353. The fourth-order valence-electron chi connectivity index (χ4n) is 2.84. The van der Waals surface area contributed by atoms with Gasteiger partial charge in [0.25, 0.3) is 5.91 Å². The van der Waals surface area contributed by atoms with Crippen molar-refractivity contribution in [2.45, 2.75) is 6.29 Å². The molecule has 2 unspecified atom stereocenters. The van der Waals surface area contributed by atoms with Gasteiger partial charge in [-0.25, -0.2) is 0 Å². The Hall–Kier alpha value is -0.770. The van der Waals surface area contributed by atoms with E-state index in [-0.39, 0.29) is 17.7 Å². The van der Waals surface area contributed by atoms with Gasteiger partial charge in [-0.2, -0.15) is 0 Å². The monoisotopic (exact) mass is 540 g/mol. The van der Waals surface area contributed by atoms with E-state index < -0.39 is 23.0 Å². The standard InChI is InChI=1S/C10H14N2O2S2.C6H11NO4S.C3H7NS/c13-9(11-3-5-15-7-11)1-2-10(14)12-4-6-16-8-12;1-11-6(9)5(8)7-2-3-12(10)4-7;1-2-5-3-4-1/h1-2H,3-8H2;6,9H,2-4H2,1H3;4H,1-3H2/b2-1+;;. The minimum absolute atomic E-state index is 0.0507. The van der Waals surface area contributed by atoms with E-state index in [0.717, 1.165) is 36.3 Å². The molecule has 14 heteroatoms. The number of carbonyl (C=O) groups is 3. The normalized spacial score (nSPS) is 23.2. The van der Waals surface area contributed by atoms with E-state index in [2.05, 4.69) is 10.1 Å². The molecule has 4 heterocycles. The van der Waals surface area contributed by atoms with Crippen LogP contribution in [0.5, 0.6) is 0 Å². The van der Waals surface area contributed by atoms with Gasteiger partial charge in [-0.3, -0.25) is 18.6 Å². The summed E-state index contributed by atoms with van der Waals surface area (Å²) < 4.78 is 15.3. The second kappa shape index (κ2) is 16.0. The molecule has 4 saturated heterocycles. The minimum atomic E-state index is -1.42. The van der Waals surface area contributed by atoms with E-state index in [0.29, 0.717) is 12.3 Å². The summed E-state index contributed by atoms with van der Waals surface area (Å²) in [5, 5.41) is 12.1. The molecule has 0 radical (unpaired) electrons. The molecule has 0 spiro atoms. The predicted octanol–water partition coefficient (Wildman–Crippen LogP) is -0.612. The smallest absolute Gasteiger partial charge is 0.280 e. The highest BCUT2D eigenvalue weighted by atomic mass is 32.2. The van der Waals surface area contributed by atoms with Crippen molar-refractivity contribution >= 4 is 63.8 Å². The van der Waals surface area contributed by atoms with Crippen LogP contribution in [0.15, 0.2) is 12.2 Å². The molecule has 4 aliphatic heterocycles. The molecule has 2 atom stereocenters. The minimum Gasteiger partial charge on any atom is -0.361 e. The van der Waals surface area contributed by atoms with Crippen molar-refractivity contribution in [3.63, 3.8) is 0 Å². The van der Waals surface area contributed by atoms with E-state index in [1.54, 1.807) is 33.3 Å². The van der Waals surface area contributed by atoms with E-state index in [1.807, 2.05) is 11.8 Å². The number of hydrogen-bond donors (Lipinski definition) is 2. The Bertz CT molecular complexity index is 660. The fourth-order valence-corrected chi connectivity index (χ4v) is 6.63. The highest BCUT2D eigenvalue weighted by Gasteiger charge is 2.27. The van der Waals surface area contributed by atoms with E-state index in [9.17, 15) is 18.6 Å². The number of amides is 3. The van der Waals surface area contributed by atoms with Crippen molar-refractivity contribution < 1.29 is 28.4 Å². The van der Waals surface area contributed by atoms with Crippen molar-refractivity contribution in [1.29, 1.82) is 0 Å². The van der Waals surface area contributed by atoms with Gasteiger partial charge in [0.2, 0.25) is 18.1 Å². The number of carbonyl (C=O) groups excluding carboxylic acids is 3. The third-order valence-corrected chi connectivity index (χ3v) is 8.83. The van der Waals surface area contributed by atoms with Crippen molar-refractivity contribution in [2.24, 2.45) is 0 Å². The van der Waals surface area contributed by atoms with Gasteiger partial charge in [0, 0.05) is 85.1 Å². The van der Waals surface area contributed by atoms with Crippen LogP contribution in [-0.4, -0.2) is 128 Å². The van der Waals surface area contributed by atoms with Crippen LogP contribution in [0.3, 0.4) is 0 Å². The molecule has 188 valence electrons. The van der Waals surface area contributed by atoms with Gasteiger partial charge in [-0.15, -0.1) is 35.3 Å². The number of aliphatic hydroxyl groups is 1. The lowest BCUT2D eigenvalue weighted by Gasteiger charge is -2.16. The van der Waals surface area contributed by atoms with Crippen molar-refractivity contribution in [3.05, 3.63) is 12.2 Å². The molecule has 2 N–H and O–H groups in total. The van der Waals surface area contributed by atoms with Crippen LogP contribution in [0.25, 0.3) is 0 Å². The van der Waals surface area contributed by atoms with E-state index in [1.165, 1.54) is 42.3 Å². The molecule has 0 aromatic carbocycles. The zero-order valence-corrected chi connectivity index (χ0v) is 21.9. The molecule has 0 saturated carbocycles. The zero-order valence-electron chi connectivity index (χ0n) is 18.7. The van der Waals surface area contributed by atoms with Crippen LogP contribution in [0.2, 0.25) is 0 Å². The summed E-state index contributed by atoms with van der Waals surface area (Å²) in [6, 6.07) is 0. The number of rotatable bonds is 4. The number of methoxy groups -OCH3 is 1. The Balaban J connectivity index is 0.000000198. The molecular formula is C19H32N4O6S4. The van der Waals surface area contributed by atoms with Crippen molar-refractivity contribution in [1.82, 2.24) is 20.0 Å². The second-order valence-corrected chi connectivity index (χ2v) is 11.9. The topological polar surface area (TPSA) is 119 Å². The third kappa shape index (κ3) is 10.6. The molecule has 4 fully saturated rings. The van der Waals surface area contributed by atoms with Gasteiger partial charge < -0.3 is 29.9 Å². The number of ether oxygens (including phenoxy) is 1. The highest BCUT2D eigenvalue weighted by Crippen LogP contribution is 2.15. The lowest BCUT2D eigenvalue weighted by Crippen LogP contribution is -2.38. The van der Waals surface area contributed by atoms with Gasteiger partial charge in [0.1, 0.15) is 0 Å². The van der Waals surface area contributed by atoms with Crippen LogP contribution >= 0.6 is 35.3 Å². The largest absolute Gasteiger partial charge is 0.361 e. The average Bonchev–Trinajstić information content (AvgIpc) is 3.64. The summed E-state index contributed by atoms with van der Waals surface area (Å²) in [6.45, 7) is 3.24. The summed E-state index contributed by atoms with van der Waals surface area (Å²) >= 11 is 5.45. The predicted molar refractivity (Wildman–Crippen MR) is 135 cm³/mol. The third-order valence-electron chi connectivity index (χ3n) is 4.76. The Labute approximate surface area is 210 Å². The lowest BCUT2D eigenvalue weighted by molar-refractivity contribution is -0.162. The van der Waals surface area contributed by atoms with E-state index in [4.69, 9.17) is 5.11 Å². The zero-order chi connectivity index (χ0) is 24.1. The Morgan fingerprint density at radius 1 is 0.970 bits per heavy atom. The molecule has 0 aromatic heterocycles. The number of hydrogen-bond acceptors (Lipinski definition) is 10. The lowest BCUT2D eigenvalue weighted by atomic mass is 10.4. The summed E-state index contributed by atoms with van der Waals surface area (Å²) in [4.78, 5) is 39.2. The molecule has 3 amide bonds. The molecule has 10 nitrogen and oxygen atoms in total. The van der Waals surface area contributed by atoms with Crippen LogP contribution in [-0.2, 0) is 29.9 Å². The summed E-state index contributed by atoms with van der Waals surface area (Å²) in [6.07, 6.45) is 1.38. The maximum absolute atomic E-state index is 11.6. The molecule has 4 rings (SSSR count). The first-order chi connectivity index (χ1) is 15.9. The van der Waals surface area contributed by atoms with Gasteiger partial charge in [-0.05, 0) is 0 Å². The van der Waals surface area contributed by atoms with Crippen LogP contribution in [0.4, 0.5) is 0 Å². The number of thioether (sulfide) groups is 3. The average molecular weight is 541 g/mol. The van der Waals surface area contributed by atoms with Gasteiger partial charge in [0.05, 0.1) is 17.6 Å².